The van der Waals surface area contributed by atoms with E-state index in [4.69, 9.17) is 14.2 Å². The zero-order chi connectivity index (χ0) is 14.6. The van der Waals surface area contributed by atoms with Crippen molar-refractivity contribution in [3.8, 4) is 17.2 Å². The predicted octanol–water partition coefficient (Wildman–Crippen LogP) is 3.18. The van der Waals surface area contributed by atoms with E-state index in [1.807, 2.05) is 27.7 Å². The number of nitro benzene ring substituents is 1. The summed E-state index contributed by atoms with van der Waals surface area (Å²) in [6.45, 7) is 7.34. The van der Waals surface area contributed by atoms with E-state index in [0.29, 0.717) is 17.2 Å². The zero-order valence-electron chi connectivity index (χ0n) is 11.8. The first-order valence-corrected chi connectivity index (χ1v) is 6.04. The molecular weight excluding hydrogens is 250 g/mol. The van der Waals surface area contributed by atoms with Gasteiger partial charge < -0.3 is 14.2 Å². The average molecular weight is 269 g/mol. The lowest BCUT2D eigenvalue weighted by Crippen LogP contribution is -2.10. The highest BCUT2D eigenvalue weighted by atomic mass is 16.6. The standard InChI is InChI=1S/C13H19NO5/c1-8(2)18-11-6-10(14(15)16)7-12(13(11)17-5)19-9(3)4/h6-9H,1-5H3. The fraction of sp³-hybridized carbons (Fsp3) is 0.538. The molecule has 0 saturated carbocycles. The number of rotatable bonds is 6. The van der Waals surface area contributed by atoms with Gasteiger partial charge in [-0.15, -0.1) is 0 Å². The van der Waals surface area contributed by atoms with Crippen molar-refractivity contribution < 1.29 is 19.1 Å². The number of hydrogen-bond acceptors (Lipinski definition) is 5. The largest absolute Gasteiger partial charge is 0.490 e. The molecule has 0 unspecified atom stereocenters. The van der Waals surface area contributed by atoms with Crippen molar-refractivity contribution in [2.75, 3.05) is 7.11 Å². The third kappa shape index (κ3) is 4.01. The molecule has 0 amide bonds. The molecule has 0 spiro atoms. The quantitative estimate of drug-likeness (QED) is 0.586. The van der Waals surface area contributed by atoms with E-state index in [9.17, 15) is 10.1 Å². The summed E-state index contributed by atoms with van der Waals surface area (Å²) in [5.74, 6) is 0.984. The van der Waals surface area contributed by atoms with Gasteiger partial charge in [0.25, 0.3) is 5.69 Å². The summed E-state index contributed by atoms with van der Waals surface area (Å²) in [6, 6.07) is 2.68. The third-order valence-electron chi connectivity index (χ3n) is 2.15. The van der Waals surface area contributed by atoms with Crippen LogP contribution >= 0.6 is 0 Å². The van der Waals surface area contributed by atoms with Gasteiger partial charge in [-0.1, -0.05) is 0 Å². The van der Waals surface area contributed by atoms with Crippen LogP contribution in [0.1, 0.15) is 27.7 Å². The summed E-state index contributed by atoms with van der Waals surface area (Å²) in [6.07, 6.45) is -0.245. The van der Waals surface area contributed by atoms with Gasteiger partial charge in [0, 0.05) is 0 Å². The summed E-state index contributed by atoms with van der Waals surface area (Å²) >= 11 is 0. The van der Waals surface area contributed by atoms with Crippen molar-refractivity contribution in [2.45, 2.75) is 39.9 Å². The van der Waals surface area contributed by atoms with Gasteiger partial charge in [0.05, 0.1) is 36.4 Å². The molecule has 106 valence electrons. The summed E-state index contributed by atoms with van der Waals surface area (Å²) in [5, 5.41) is 10.9. The highest BCUT2D eigenvalue weighted by Gasteiger charge is 2.21. The first kappa shape index (κ1) is 15.1. The van der Waals surface area contributed by atoms with Gasteiger partial charge in [0.2, 0.25) is 5.75 Å². The van der Waals surface area contributed by atoms with Crippen molar-refractivity contribution in [3.63, 3.8) is 0 Å². The van der Waals surface area contributed by atoms with Crippen LogP contribution in [0.25, 0.3) is 0 Å². The minimum atomic E-state index is -0.486. The minimum Gasteiger partial charge on any atom is -0.490 e. The van der Waals surface area contributed by atoms with Crippen LogP contribution in [-0.2, 0) is 0 Å². The number of nitro groups is 1. The monoisotopic (exact) mass is 269 g/mol. The molecule has 1 rings (SSSR count). The molecule has 0 aliphatic rings. The number of nitrogens with zero attached hydrogens (tertiary/aromatic N) is 1. The maximum Gasteiger partial charge on any atom is 0.277 e. The Morgan fingerprint density at radius 3 is 1.74 bits per heavy atom. The van der Waals surface area contributed by atoms with Gasteiger partial charge in [-0.3, -0.25) is 10.1 Å². The van der Waals surface area contributed by atoms with E-state index in [2.05, 4.69) is 0 Å². The average Bonchev–Trinajstić information content (AvgIpc) is 2.26. The first-order valence-electron chi connectivity index (χ1n) is 6.04. The molecule has 0 N–H and O–H groups in total. The second-order valence-electron chi connectivity index (χ2n) is 4.57. The van der Waals surface area contributed by atoms with Crippen LogP contribution in [0.15, 0.2) is 12.1 Å². The molecule has 6 nitrogen and oxygen atoms in total. The van der Waals surface area contributed by atoms with E-state index < -0.39 is 4.92 Å². The van der Waals surface area contributed by atoms with Crippen LogP contribution in [0, 0.1) is 10.1 Å². The Bertz CT molecular complexity index is 425. The fourth-order valence-electron chi connectivity index (χ4n) is 1.55. The second-order valence-corrected chi connectivity index (χ2v) is 4.57. The van der Waals surface area contributed by atoms with Crippen molar-refractivity contribution >= 4 is 5.69 Å². The molecule has 0 aliphatic carbocycles. The lowest BCUT2D eigenvalue weighted by Gasteiger charge is -2.18. The van der Waals surface area contributed by atoms with E-state index in [0.717, 1.165) is 0 Å². The lowest BCUT2D eigenvalue weighted by molar-refractivity contribution is -0.385. The zero-order valence-corrected chi connectivity index (χ0v) is 11.8. The molecule has 1 aromatic carbocycles. The van der Waals surface area contributed by atoms with Gasteiger partial charge in [0.15, 0.2) is 11.5 Å². The van der Waals surface area contributed by atoms with Crippen LogP contribution in [-0.4, -0.2) is 24.2 Å². The number of benzene rings is 1. The molecule has 1 aromatic rings. The van der Waals surface area contributed by atoms with Crippen molar-refractivity contribution in [1.82, 2.24) is 0 Å². The molecule has 0 bridgehead atoms. The van der Waals surface area contributed by atoms with E-state index in [-0.39, 0.29) is 17.9 Å². The number of methoxy groups -OCH3 is 1. The molecule has 0 radical (unpaired) electrons. The van der Waals surface area contributed by atoms with Crippen molar-refractivity contribution in [1.29, 1.82) is 0 Å². The second kappa shape index (κ2) is 6.26. The van der Waals surface area contributed by atoms with E-state index in [1.54, 1.807) is 0 Å². The molecule has 0 saturated heterocycles. The maximum atomic E-state index is 10.9. The Kier molecular flexibility index (Phi) is 4.97. The summed E-state index contributed by atoms with van der Waals surface area (Å²) in [4.78, 5) is 10.4. The van der Waals surface area contributed by atoms with Gasteiger partial charge in [-0.25, -0.2) is 0 Å². The smallest absolute Gasteiger partial charge is 0.277 e. The van der Waals surface area contributed by atoms with Gasteiger partial charge in [-0.2, -0.15) is 0 Å². The minimum absolute atomic E-state index is 0.0906. The molecular formula is C13H19NO5. The van der Waals surface area contributed by atoms with E-state index in [1.165, 1.54) is 19.2 Å². The molecule has 6 heteroatoms. The Hall–Kier alpha value is -1.98. The topological polar surface area (TPSA) is 70.8 Å². The molecule has 0 atom stereocenters. The van der Waals surface area contributed by atoms with Gasteiger partial charge in [0.1, 0.15) is 0 Å². The third-order valence-corrected chi connectivity index (χ3v) is 2.15. The maximum absolute atomic E-state index is 10.9. The molecule has 0 aromatic heterocycles. The Balaban J connectivity index is 3.33. The number of hydrogen-bond donors (Lipinski definition) is 0. The van der Waals surface area contributed by atoms with Crippen LogP contribution in [0.3, 0.4) is 0 Å². The summed E-state index contributed by atoms with van der Waals surface area (Å²) in [7, 11) is 1.47. The Morgan fingerprint density at radius 2 is 1.47 bits per heavy atom. The molecule has 0 fully saturated rings. The van der Waals surface area contributed by atoms with Crippen molar-refractivity contribution in [3.05, 3.63) is 22.2 Å². The van der Waals surface area contributed by atoms with Crippen LogP contribution < -0.4 is 14.2 Å². The summed E-state index contributed by atoms with van der Waals surface area (Å²) in [5.41, 5.74) is -0.0906. The van der Waals surface area contributed by atoms with Crippen LogP contribution in [0.5, 0.6) is 17.2 Å². The first-order chi connectivity index (χ1) is 8.85. The van der Waals surface area contributed by atoms with Gasteiger partial charge >= 0.3 is 0 Å². The van der Waals surface area contributed by atoms with Crippen LogP contribution in [0.4, 0.5) is 5.69 Å². The van der Waals surface area contributed by atoms with Crippen molar-refractivity contribution in [2.24, 2.45) is 0 Å². The molecule has 19 heavy (non-hydrogen) atoms. The highest BCUT2D eigenvalue weighted by Crippen LogP contribution is 2.41. The number of non-ortho nitro benzene ring substituents is 1. The number of ether oxygens (including phenoxy) is 3. The van der Waals surface area contributed by atoms with E-state index >= 15 is 0 Å². The summed E-state index contributed by atoms with van der Waals surface area (Å²) < 4.78 is 16.3. The molecule has 0 heterocycles. The van der Waals surface area contributed by atoms with Gasteiger partial charge in [-0.05, 0) is 27.7 Å². The SMILES string of the molecule is COc1c(OC(C)C)cc([N+](=O)[O-])cc1OC(C)C. The van der Waals surface area contributed by atoms with Crippen LogP contribution in [0.2, 0.25) is 0 Å². The Labute approximate surface area is 112 Å². The lowest BCUT2D eigenvalue weighted by atomic mass is 10.2. The molecule has 0 aliphatic heterocycles. The normalized spacial score (nSPS) is 10.7. The predicted molar refractivity (Wildman–Crippen MR) is 71.2 cm³/mol. The fourth-order valence-corrected chi connectivity index (χ4v) is 1.55. The highest BCUT2D eigenvalue weighted by molar-refractivity contribution is 5.58. The Morgan fingerprint density at radius 1 is 1.05 bits per heavy atom.